The molecule has 4 nitrogen and oxygen atoms in total. The molecule has 0 unspecified atom stereocenters. The smallest absolute Gasteiger partial charge is 0.854 e. The Labute approximate surface area is 249 Å². The molecule has 0 aliphatic rings. The summed E-state index contributed by atoms with van der Waals surface area (Å²) in [5.74, 6) is 0. The first kappa shape index (κ1) is 31.7. The molecular weight excluding hydrogens is 280 g/mol. The van der Waals surface area contributed by atoms with E-state index < -0.39 is 31.8 Å². The normalized spacial score (nSPS) is 8.31. The molecule has 0 aliphatic carbocycles. The van der Waals surface area contributed by atoms with Crippen molar-refractivity contribution in [2.45, 2.75) is 0 Å². The van der Waals surface area contributed by atoms with E-state index in [-0.39, 0.29) is 206 Å². The van der Waals surface area contributed by atoms with Crippen LogP contribution in [0, 0.1) is 5.41 Å². The Balaban J connectivity index is -0.0000000533. The fourth-order valence-electron chi connectivity index (χ4n) is 0.250. The summed E-state index contributed by atoms with van der Waals surface area (Å²) < 4.78 is 0. The molecule has 0 radical (unpaired) electrons. The largest absolute Gasteiger partial charge is 1.00 e. The molecule has 0 aromatic heterocycles. The molecule has 0 aromatic rings. The van der Waals surface area contributed by atoms with Gasteiger partial charge in [-0.25, -0.2) is 0 Å². The summed E-state index contributed by atoms with van der Waals surface area (Å²) in [6.45, 7) is -3.38. The Hall–Kier alpha value is 6.39. The first-order valence-corrected chi connectivity index (χ1v) is 2.57. The van der Waals surface area contributed by atoms with Gasteiger partial charge in [-0.3, -0.25) is 0 Å². The van der Waals surface area contributed by atoms with Crippen LogP contribution in [0.4, 0.5) is 0 Å². The molecule has 0 bridgehead atoms. The van der Waals surface area contributed by atoms with Crippen LogP contribution in [0.25, 0.3) is 0 Å². The van der Waals surface area contributed by atoms with Crippen LogP contribution in [-0.4, -0.2) is 26.4 Å². The van der Waals surface area contributed by atoms with Crippen molar-refractivity contribution < 1.29 is 226 Å². The van der Waals surface area contributed by atoms with Crippen LogP contribution in [0.15, 0.2) is 0 Å². The zero-order chi connectivity index (χ0) is 7.33. The van der Waals surface area contributed by atoms with Gasteiger partial charge in [0.15, 0.2) is 0 Å². The van der Waals surface area contributed by atoms with E-state index in [1.165, 1.54) is 0 Å². The number of rotatable bonds is 4. The Morgan fingerprint density at radius 3 is 0.692 bits per heavy atom. The van der Waals surface area contributed by atoms with Gasteiger partial charge >= 0.3 is 206 Å². The van der Waals surface area contributed by atoms with Crippen molar-refractivity contribution in [1.29, 1.82) is 0 Å². The Morgan fingerprint density at radius 1 is 0.538 bits per heavy atom. The average molecular weight is 289 g/mol. The van der Waals surface area contributed by atoms with E-state index in [0.29, 0.717) is 0 Å². The molecule has 56 valence electrons. The van der Waals surface area contributed by atoms with Crippen molar-refractivity contribution in [3.63, 3.8) is 0 Å². The van der Waals surface area contributed by atoms with Gasteiger partial charge in [-0.05, 0) is 0 Å². The molecule has 0 heterocycles. The second kappa shape index (κ2) is 20.7. The molecule has 0 fully saturated rings. The third kappa shape index (κ3) is 14.6. The van der Waals surface area contributed by atoms with Crippen molar-refractivity contribution >= 4 is 0 Å². The quantitative estimate of drug-likeness (QED) is 0.480. The van der Waals surface area contributed by atoms with E-state index in [0.717, 1.165) is 0 Å². The first-order chi connectivity index (χ1) is 4.24. The van der Waals surface area contributed by atoms with Gasteiger partial charge in [0.05, 0.1) is 0 Å². The van der Waals surface area contributed by atoms with Crippen LogP contribution in [0.1, 0.15) is 0 Å². The van der Waals surface area contributed by atoms with E-state index in [4.69, 9.17) is 0 Å². The Kier molecular flexibility index (Phi) is 50.4. The average Bonchev–Trinajstić information content (AvgIpc) is 1.95. The van der Waals surface area contributed by atoms with Gasteiger partial charge in [0.25, 0.3) is 0 Å². The molecular formula is C5H8K4O4. The van der Waals surface area contributed by atoms with Crippen molar-refractivity contribution in [2.24, 2.45) is 5.41 Å². The van der Waals surface area contributed by atoms with Crippen LogP contribution in [0.2, 0.25) is 0 Å². The zero-order valence-electron chi connectivity index (χ0n) is 8.96. The summed E-state index contributed by atoms with van der Waals surface area (Å²) in [5, 5.41) is 40.2. The molecule has 0 atom stereocenters. The molecule has 13 heavy (non-hydrogen) atoms. The first-order valence-electron chi connectivity index (χ1n) is 2.57. The maximum atomic E-state index is 10.0. The predicted molar refractivity (Wildman–Crippen MR) is 21.9 cm³/mol. The third-order valence-electron chi connectivity index (χ3n) is 1.22. The van der Waals surface area contributed by atoms with Crippen LogP contribution >= 0.6 is 0 Å². The van der Waals surface area contributed by atoms with E-state index in [1.807, 2.05) is 0 Å². The van der Waals surface area contributed by atoms with Gasteiger partial charge in [-0.2, -0.15) is 0 Å². The van der Waals surface area contributed by atoms with Gasteiger partial charge in [-0.15, -0.1) is 26.4 Å². The van der Waals surface area contributed by atoms with E-state index in [2.05, 4.69) is 0 Å². The van der Waals surface area contributed by atoms with Crippen molar-refractivity contribution in [3.05, 3.63) is 0 Å². The fourth-order valence-corrected chi connectivity index (χ4v) is 0.250. The minimum absolute atomic E-state index is 0. The fraction of sp³-hybridized carbons (Fsp3) is 1.00. The van der Waals surface area contributed by atoms with Gasteiger partial charge in [0, 0.05) is 0 Å². The molecule has 0 rings (SSSR count). The molecule has 8 heteroatoms. The summed E-state index contributed by atoms with van der Waals surface area (Å²) in [6.07, 6.45) is 0. The molecule has 0 aliphatic heterocycles. The maximum absolute atomic E-state index is 10.0. The minimum Gasteiger partial charge on any atom is -0.854 e. The van der Waals surface area contributed by atoms with E-state index in [9.17, 15) is 20.4 Å². The van der Waals surface area contributed by atoms with Gasteiger partial charge in [-0.1, -0.05) is 5.41 Å². The van der Waals surface area contributed by atoms with Crippen LogP contribution in [0.3, 0.4) is 0 Å². The minimum atomic E-state index is -1.56. The van der Waals surface area contributed by atoms with Crippen LogP contribution in [0.5, 0.6) is 0 Å². The molecule has 0 spiro atoms. The van der Waals surface area contributed by atoms with E-state index >= 15 is 0 Å². The van der Waals surface area contributed by atoms with Crippen LogP contribution < -0.4 is 226 Å². The summed E-state index contributed by atoms with van der Waals surface area (Å²) in [5.41, 5.74) is -1.56. The van der Waals surface area contributed by atoms with Crippen molar-refractivity contribution in [3.8, 4) is 0 Å². The summed E-state index contributed by atoms with van der Waals surface area (Å²) in [7, 11) is 0. The molecule has 0 saturated carbocycles. The summed E-state index contributed by atoms with van der Waals surface area (Å²) in [4.78, 5) is 0. The molecule has 0 N–H and O–H groups in total. The number of hydrogen-bond donors (Lipinski definition) is 0. The monoisotopic (exact) mass is 288 g/mol. The van der Waals surface area contributed by atoms with Crippen LogP contribution in [-0.2, 0) is 0 Å². The molecule has 0 amide bonds. The van der Waals surface area contributed by atoms with Crippen molar-refractivity contribution in [2.75, 3.05) is 26.4 Å². The Bertz CT molecular complexity index is 63.4. The maximum Gasteiger partial charge on any atom is 1.00 e. The summed E-state index contributed by atoms with van der Waals surface area (Å²) in [6, 6.07) is 0. The SMILES string of the molecule is [K+].[K+].[K+].[K+].[O-]CC(C[O-])(C[O-])C[O-]. The van der Waals surface area contributed by atoms with Gasteiger partial charge in [0.1, 0.15) is 0 Å². The standard InChI is InChI=1S/C5H8O4.4K/c6-1-5(2-7,3-8)4-9;;;;/h1-4H2;;;;/q-4;4*+1. The number of hydrogen-bond acceptors (Lipinski definition) is 4. The zero-order valence-corrected chi connectivity index (χ0v) is 21.5. The predicted octanol–water partition coefficient (Wildman–Crippen LogP) is -16.6. The Morgan fingerprint density at radius 2 is 0.692 bits per heavy atom. The van der Waals surface area contributed by atoms with Gasteiger partial charge in [0.2, 0.25) is 0 Å². The van der Waals surface area contributed by atoms with Crippen molar-refractivity contribution in [1.82, 2.24) is 0 Å². The summed E-state index contributed by atoms with van der Waals surface area (Å²) >= 11 is 0. The topological polar surface area (TPSA) is 92.2 Å². The van der Waals surface area contributed by atoms with E-state index in [1.54, 1.807) is 0 Å². The third-order valence-corrected chi connectivity index (χ3v) is 1.22. The molecule has 0 saturated heterocycles. The second-order valence-corrected chi connectivity index (χ2v) is 2.08. The van der Waals surface area contributed by atoms with Gasteiger partial charge < -0.3 is 20.4 Å². The molecule has 0 aromatic carbocycles. The second-order valence-electron chi connectivity index (χ2n) is 2.08.